The number of alkyl halides is 6. The SMILES string of the molecule is Cc1cccc2c(-c3ccc(C(=O)OCCC(O)(C(F)(F)F)C(F)(F)F)c4cc(O)ccc34)cccc12. The lowest BCUT2D eigenvalue weighted by Gasteiger charge is -2.32. The Kier molecular flexibility index (Phi) is 6.58. The van der Waals surface area contributed by atoms with Gasteiger partial charge >= 0.3 is 18.3 Å². The molecule has 0 saturated heterocycles. The molecule has 0 fully saturated rings. The molecule has 0 saturated carbocycles. The van der Waals surface area contributed by atoms with E-state index in [9.17, 15) is 41.4 Å². The molecule has 0 unspecified atom stereocenters. The van der Waals surface area contributed by atoms with Crippen LogP contribution in [0.3, 0.4) is 0 Å². The van der Waals surface area contributed by atoms with Gasteiger partial charge in [0.2, 0.25) is 0 Å². The molecule has 0 bridgehead atoms. The van der Waals surface area contributed by atoms with Crippen molar-refractivity contribution in [1.82, 2.24) is 0 Å². The Morgan fingerprint density at radius 2 is 1.38 bits per heavy atom. The number of halogens is 6. The Balaban J connectivity index is 1.72. The Hall–Kier alpha value is -3.79. The number of carbonyl (C=O) groups excluding carboxylic acids is 1. The lowest BCUT2D eigenvalue weighted by atomic mass is 9.91. The number of hydrogen-bond acceptors (Lipinski definition) is 4. The van der Waals surface area contributed by atoms with E-state index in [2.05, 4.69) is 0 Å². The topological polar surface area (TPSA) is 66.8 Å². The highest BCUT2D eigenvalue weighted by Gasteiger charge is 2.70. The monoisotopic (exact) mass is 522 g/mol. The van der Waals surface area contributed by atoms with Crippen molar-refractivity contribution in [2.45, 2.75) is 31.3 Å². The highest BCUT2D eigenvalue weighted by atomic mass is 19.4. The molecule has 0 aromatic heterocycles. The van der Waals surface area contributed by atoms with Crippen molar-refractivity contribution in [1.29, 1.82) is 0 Å². The molecule has 10 heteroatoms. The van der Waals surface area contributed by atoms with E-state index in [1.165, 1.54) is 18.2 Å². The standard InChI is InChI=1S/C27H20F6O4/c1-15-4-2-6-18-17(15)5-3-7-19(18)20-10-11-22(23-14-16(34)8-9-21(20)23)24(35)37-13-12-25(36,26(28,29)30)27(31,32)33/h2-11,14,34,36H,12-13H2,1H3. The van der Waals surface area contributed by atoms with Gasteiger partial charge in [-0.2, -0.15) is 26.3 Å². The van der Waals surface area contributed by atoms with Crippen molar-refractivity contribution < 1.29 is 46.1 Å². The first-order valence-electron chi connectivity index (χ1n) is 11.0. The number of phenols is 1. The lowest BCUT2D eigenvalue weighted by molar-refractivity contribution is -0.371. The van der Waals surface area contributed by atoms with Crippen LogP contribution in [0.25, 0.3) is 32.7 Å². The third-order valence-electron chi connectivity index (χ3n) is 6.29. The zero-order valence-corrected chi connectivity index (χ0v) is 19.2. The van der Waals surface area contributed by atoms with E-state index in [1.54, 1.807) is 12.1 Å². The van der Waals surface area contributed by atoms with Crippen molar-refractivity contribution in [2.24, 2.45) is 0 Å². The van der Waals surface area contributed by atoms with Crippen LogP contribution in [0.5, 0.6) is 5.75 Å². The summed E-state index contributed by atoms with van der Waals surface area (Å²) in [6, 6.07) is 18.6. The highest BCUT2D eigenvalue weighted by molar-refractivity contribution is 6.12. The number of esters is 1. The van der Waals surface area contributed by atoms with E-state index in [0.29, 0.717) is 10.9 Å². The molecule has 0 heterocycles. The van der Waals surface area contributed by atoms with Gasteiger partial charge in [-0.3, -0.25) is 0 Å². The fourth-order valence-corrected chi connectivity index (χ4v) is 4.26. The third-order valence-corrected chi connectivity index (χ3v) is 6.29. The predicted molar refractivity (Wildman–Crippen MR) is 125 cm³/mol. The van der Waals surface area contributed by atoms with Gasteiger partial charge in [0.25, 0.3) is 5.60 Å². The molecule has 0 aliphatic heterocycles. The predicted octanol–water partition coefficient (Wildman–Crippen LogP) is 7.08. The smallest absolute Gasteiger partial charge is 0.426 e. The molecule has 4 aromatic carbocycles. The largest absolute Gasteiger partial charge is 0.508 e. The molecule has 0 radical (unpaired) electrons. The maximum Gasteiger partial charge on any atom is 0.426 e. The molecule has 4 aromatic rings. The molecule has 0 atom stereocenters. The Morgan fingerprint density at radius 1 is 0.784 bits per heavy atom. The molecular formula is C27H20F6O4. The average Bonchev–Trinajstić information content (AvgIpc) is 2.81. The van der Waals surface area contributed by atoms with Crippen molar-refractivity contribution >= 4 is 27.5 Å². The summed E-state index contributed by atoms with van der Waals surface area (Å²) < 4.78 is 82.1. The molecule has 0 spiro atoms. The zero-order chi connectivity index (χ0) is 27.2. The van der Waals surface area contributed by atoms with Crippen LogP contribution in [0.4, 0.5) is 26.3 Å². The van der Waals surface area contributed by atoms with Crippen LogP contribution in [0.1, 0.15) is 22.3 Å². The van der Waals surface area contributed by atoms with E-state index in [0.717, 1.165) is 21.9 Å². The second-order valence-corrected chi connectivity index (χ2v) is 8.61. The number of phenolic OH excluding ortho intramolecular Hbond substituents is 1. The molecule has 194 valence electrons. The third kappa shape index (κ3) is 4.69. The summed E-state index contributed by atoms with van der Waals surface area (Å²) in [6.07, 6.45) is -14.0. The minimum atomic E-state index is -6.02. The summed E-state index contributed by atoms with van der Waals surface area (Å²) in [7, 11) is 0. The van der Waals surface area contributed by atoms with Gasteiger partial charge in [0, 0.05) is 11.8 Å². The Bertz CT molecular complexity index is 1480. The Morgan fingerprint density at radius 3 is 2.05 bits per heavy atom. The second kappa shape index (κ2) is 9.26. The number of aromatic hydroxyl groups is 1. The van der Waals surface area contributed by atoms with Gasteiger partial charge in [0.1, 0.15) is 5.75 Å². The van der Waals surface area contributed by atoms with Gasteiger partial charge in [0.05, 0.1) is 12.2 Å². The van der Waals surface area contributed by atoms with Crippen molar-refractivity contribution in [3.05, 3.63) is 77.9 Å². The van der Waals surface area contributed by atoms with E-state index in [4.69, 9.17) is 4.74 Å². The molecule has 37 heavy (non-hydrogen) atoms. The summed E-state index contributed by atoms with van der Waals surface area (Å²) >= 11 is 0. The van der Waals surface area contributed by atoms with Crippen molar-refractivity contribution in [2.75, 3.05) is 6.61 Å². The molecule has 4 nitrogen and oxygen atoms in total. The molecular weight excluding hydrogens is 502 g/mol. The van der Waals surface area contributed by atoms with Gasteiger partial charge in [-0.1, -0.05) is 48.5 Å². The first kappa shape index (κ1) is 26.3. The van der Waals surface area contributed by atoms with Crippen molar-refractivity contribution in [3.63, 3.8) is 0 Å². The first-order chi connectivity index (χ1) is 17.2. The summed E-state index contributed by atoms with van der Waals surface area (Å²) in [5.41, 5.74) is -2.66. The summed E-state index contributed by atoms with van der Waals surface area (Å²) in [5.74, 6) is -1.42. The van der Waals surface area contributed by atoms with Crippen LogP contribution in [0.2, 0.25) is 0 Å². The number of benzene rings is 4. The average molecular weight is 522 g/mol. The van der Waals surface area contributed by atoms with Crippen LogP contribution >= 0.6 is 0 Å². The number of hydrogen-bond donors (Lipinski definition) is 2. The van der Waals surface area contributed by atoms with Crippen LogP contribution < -0.4 is 0 Å². The molecule has 0 aliphatic carbocycles. The van der Waals surface area contributed by atoms with Crippen LogP contribution in [0, 0.1) is 6.92 Å². The minimum Gasteiger partial charge on any atom is -0.508 e. The maximum absolute atomic E-state index is 12.9. The van der Waals surface area contributed by atoms with E-state index in [-0.39, 0.29) is 16.7 Å². The number of aryl methyl sites for hydroxylation is 1. The maximum atomic E-state index is 12.9. The van der Waals surface area contributed by atoms with E-state index >= 15 is 0 Å². The fourth-order valence-electron chi connectivity index (χ4n) is 4.26. The number of aliphatic hydroxyl groups is 1. The number of ether oxygens (including phenoxy) is 1. The first-order valence-corrected chi connectivity index (χ1v) is 11.0. The quantitative estimate of drug-likeness (QED) is 0.217. The Labute approximate surface area is 206 Å². The van der Waals surface area contributed by atoms with Gasteiger partial charge in [-0.05, 0) is 58.0 Å². The second-order valence-electron chi connectivity index (χ2n) is 8.61. The minimum absolute atomic E-state index is 0.173. The summed E-state index contributed by atoms with van der Waals surface area (Å²) in [5, 5.41) is 21.9. The number of rotatable bonds is 5. The van der Waals surface area contributed by atoms with E-state index in [1.807, 2.05) is 43.3 Å². The summed E-state index contributed by atoms with van der Waals surface area (Å²) in [6.45, 7) is 0.610. The number of fused-ring (bicyclic) bond motifs is 2. The van der Waals surface area contributed by atoms with E-state index < -0.39 is 37.0 Å². The van der Waals surface area contributed by atoms with Gasteiger partial charge in [-0.15, -0.1) is 0 Å². The van der Waals surface area contributed by atoms with Crippen molar-refractivity contribution in [3.8, 4) is 16.9 Å². The molecule has 4 rings (SSSR count). The fraction of sp³-hybridized carbons (Fsp3) is 0.222. The summed E-state index contributed by atoms with van der Waals surface area (Å²) in [4.78, 5) is 12.7. The number of carbonyl (C=O) groups is 1. The highest BCUT2D eigenvalue weighted by Crippen LogP contribution is 2.45. The molecule has 0 aliphatic rings. The van der Waals surface area contributed by atoms with Crippen LogP contribution in [0.15, 0.2) is 66.7 Å². The molecule has 0 amide bonds. The lowest BCUT2D eigenvalue weighted by Crippen LogP contribution is -2.57. The normalized spacial score (nSPS) is 12.8. The van der Waals surface area contributed by atoms with Crippen LogP contribution in [-0.2, 0) is 4.74 Å². The van der Waals surface area contributed by atoms with Gasteiger partial charge in [0.15, 0.2) is 0 Å². The van der Waals surface area contributed by atoms with Crippen LogP contribution in [-0.4, -0.2) is 40.7 Å². The molecule has 2 N–H and O–H groups in total. The zero-order valence-electron chi connectivity index (χ0n) is 19.2. The van der Waals surface area contributed by atoms with Gasteiger partial charge in [-0.25, -0.2) is 4.79 Å². The van der Waals surface area contributed by atoms with Gasteiger partial charge < -0.3 is 14.9 Å².